The zero-order valence-corrected chi connectivity index (χ0v) is 12.4. The molecule has 1 N–H and O–H groups in total. The van der Waals surface area contributed by atoms with E-state index in [4.69, 9.17) is 11.6 Å². The van der Waals surface area contributed by atoms with Crippen molar-refractivity contribution in [3.8, 4) is 0 Å². The second-order valence-electron chi connectivity index (χ2n) is 5.70. The first-order chi connectivity index (χ1) is 9.65. The molecule has 0 aliphatic heterocycles. The molecule has 3 rings (SSSR count). The third-order valence-corrected chi connectivity index (χ3v) is 4.59. The highest BCUT2D eigenvalue weighted by molar-refractivity contribution is 6.30. The standard InChI is InChI=1S/C18H19ClO/c1-12-11-16(19)9-10-17(12)18(20)15-7-5-14(6-8-15)13-3-2-4-13/h5-11,13,18,20H,2-4H2,1H3. The summed E-state index contributed by atoms with van der Waals surface area (Å²) in [5, 5.41) is 11.2. The molecule has 1 aliphatic carbocycles. The predicted octanol–water partition coefficient (Wildman–Crippen LogP) is 5.00. The lowest BCUT2D eigenvalue weighted by Gasteiger charge is -2.26. The number of halogens is 1. The Labute approximate surface area is 125 Å². The first-order valence-corrected chi connectivity index (χ1v) is 7.57. The Morgan fingerprint density at radius 3 is 2.35 bits per heavy atom. The summed E-state index contributed by atoms with van der Waals surface area (Å²) in [7, 11) is 0. The first-order valence-electron chi connectivity index (χ1n) is 7.19. The minimum Gasteiger partial charge on any atom is -0.384 e. The van der Waals surface area contributed by atoms with Crippen LogP contribution in [-0.2, 0) is 0 Å². The van der Waals surface area contributed by atoms with Crippen LogP contribution < -0.4 is 0 Å². The molecule has 0 saturated heterocycles. The van der Waals surface area contributed by atoms with E-state index in [1.165, 1.54) is 24.8 Å². The quantitative estimate of drug-likeness (QED) is 0.842. The largest absolute Gasteiger partial charge is 0.384 e. The molecule has 1 unspecified atom stereocenters. The predicted molar refractivity (Wildman–Crippen MR) is 83.3 cm³/mol. The van der Waals surface area contributed by atoms with Gasteiger partial charge in [-0.2, -0.15) is 0 Å². The molecule has 1 aliphatic rings. The van der Waals surface area contributed by atoms with Crippen molar-refractivity contribution < 1.29 is 5.11 Å². The number of aliphatic hydroxyl groups excluding tert-OH is 1. The Hall–Kier alpha value is -1.31. The minimum atomic E-state index is -0.581. The summed E-state index contributed by atoms with van der Waals surface area (Å²) in [6, 6.07) is 14.0. The van der Waals surface area contributed by atoms with Crippen molar-refractivity contribution in [2.24, 2.45) is 0 Å². The molecule has 1 atom stereocenters. The van der Waals surface area contributed by atoms with Gasteiger partial charge in [-0.25, -0.2) is 0 Å². The van der Waals surface area contributed by atoms with Crippen LogP contribution in [-0.4, -0.2) is 5.11 Å². The topological polar surface area (TPSA) is 20.2 Å². The number of hydrogen-bond donors (Lipinski definition) is 1. The molecule has 2 heteroatoms. The second-order valence-corrected chi connectivity index (χ2v) is 6.13. The van der Waals surface area contributed by atoms with Crippen molar-refractivity contribution in [3.05, 3.63) is 69.7 Å². The van der Waals surface area contributed by atoms with E-state index in [0.717, 1.165) is 22.6 Å². The van der Waals surface area contributed by atoms with Gasteiger partial charge in [0.05, 0.1) is 0 Å². The molecule has 0 amide bonds. The average molecular weight is 287 g/mol. The number of hydrogen-bond acceptors (Lipinski definition) is 1. The number of aryl methyl sites for hydroxylation is 1. The number of benzene rings is 2. The number of rotatable bonds is 3. The molecule has 2 aromatic rings. The van der Waals surface area contributed by atoms with Crippen molar-refractivity contribution >= 4 is 11.6 Å². The summed E-state index contributed by atoms with van der Waals surface area (Å²) in [6.07, 6.45) is 3.37. The molecule has 1 fully saturated rings. The van der Waals surface area contributed by atoms with E-state index in [-0.39, 0.29) is 0 Å². The highest BCUT2D eigenvalue weighted by Gasteiger charge is 2.20. The lowest BCUT2D eigenvalue weighted by atomic mass is 9.80. The highest BCUT2D eigenvalue weighted by atomic mass is 35.5. The van der Waals surface area contributed by atoms with Crippen molar-refractivity contribution in [1.82, 2.24) is 0 Å². The summed E-state index contributed by atoms with van der Waals surface area (Å²) in [5.41, 5.74) is 4.29. The molecule has 20 heavy (non-hydrogen) atoms. The maximum absolute atomic E-state index is 10.5. The van der Waals surface area contributed by atoms with Crippen LogP contribution in [0, 0.1) is 6.92 Å². The molecule has 0 aromatic heterocycles. The fourth-order valence-corrected chi connectivity index (χ4v) is 3.04. The van der Waals surface area contributed by atoms with Crippen molar-refractivity contribution in [3.63, 3.8) is 0 Å². The SMILES string of the molecule is Cc1cc(Cl)ccc1C(O)c1ccc(C2CCC2)cc1. The minimum absolute atomic E-state index is 0.581. The summed E-state index contributed by atoms with van der Waals surface area (Å²) >= 11 is 5.96. The van der Waals surface area contributed by atoms with Crippen LogP contribution in [0.3, 0.4) is 0 Å². The van der Waals surface area contributed by atoms with Gasteiger partial charge in [-0.1, -0.05) is 48.4 Å². The fraction of sp³-hybridized carbons (Fsp3) is 0.333. The zero-order chi connectivity index (χ0) is 14.1. The molecule has 1 nitrogen and oxygen atoms in total. The molecule has 2 aromatic carbocycles. The van der Waals surface area contributed by atoms with Gasteiger partial charge >= 0.3 is 0 Å². The van der Waals surface area contributed by atoms with Gasteiger partial charge in [0.25, 0.3) is 0 Å². The van der Waals surface area contributed by atoms with Gasteiger partial charge in [-0.15, -0.1) is 0 Å². The maximum Gasteiger partial charge on any atom is 0.104 e. The van der Waals surface area contributed by atoms with E-state index in [0.29, 0.717) is 5.02 Å². The lowest BCUT2D eigenvalue weighted by molar-refractivity contribution is 0.219. The molecule has 1 saturated carbocycles. The molecular weight excluding hydrogens is 268 g/mol. The van der Waals surface area contributed by atoms with Crippen LogP contribution in [0.1, 0.15) is 53.5 Å². The van der Waals surface area contributed by atoms with E-state index in [2.05, 4.69) is 12.1 Å². The Morgan fingerprint density at radius 1 is 1.10 bits per heavy atom. The second kappa shape index (κ2) is 5.59. The summed E-state index contributed by atoms with van der Waals surface area (Å²) < 4.78 is 0. The summed E-state index contributed by atoms with van der Waals surface area (Å²) in [6.45, 7) is 1.98. The third-order valence-electron chi connectivity index (χ3n) is 4.36. The van der Waals surface area contributed by atoms with Crippen LogP contribution >= 0.6 is 11.6 Å². The monoisotopic (exact) mass is 286 g/mol. The van der Waals surface area contributed by atoms with Crippen molar-refractivity contribution in [2.45, 2.75) is 38.2 Å². The van der Waals surface area contributed by atoms with Gasteiger partial charge in [0.2, 0.25) is 0 Å². The normalized spacial score (nSPS) is 16.8. The summed E-state index contributed by atoms with van der Waals surface area (Å²) in [5.74, 6) is 0.735. The van der Waals surface area contributed by atoms with E-state index in [9.17, 15) is 5.11 Å². The average Bonchev–Trinajstić information content (AvgIpc) is 2.37. The van der Waals surface area contributed by atoms with Crippen LogP contribution in [0.25, 0.3) is 0 Å². The van der Waals surface area contributed by atoms with E-state index < -0.39 is 6.10 Å². The van der Waals surface area contributed by atoms with E-state index in [1.54, 1.807) is 0 Å². The maximum atomic E-state index is 10.5. The van der Waals surface area contributed by atoms with Crippen molar-refractivity contribution in [2.75, 3.05) is 0 Å². The number of aliphatic hydroxyl groups is 1. The first kappa shape index (κ1) is 13.7. The Kier molecular flexibility index (Phi) is 3.82. The third kappa shape index (κ3) is 2.61. The Bertz CT molecular complexity index is 599. The highest BCUT2D eigenvalue weighted by Crippen LogP contribution is 2.37. The van der Waals surface area contributed by atoms with Crippen LogP contribution in [0.4, 0.5) is 0 Å². The molecule has 0 heterocycles. The van der Waals surface area contributed by atoms with E-state index >= 15 is 0 Å². The molecular formula is C18H19ClO. The molecule has 0 radical (unpaired) electrons. The fourth-order valence-electron chi connectivity index (χ4n) is 2.82. The van der Waals surface area contributed by atoms with Gasteiger partial charge in [0, 0.05) is 5.02 Å². The summed E-state index contributed by atoms with van der Waals surface area (Å²) in [4.78, 5) is 0. The van der Waals surface area contributed by atoms with Gasteiger partial charge in [0.15, 0.2) is 0 Å². The smallest absolute Gasteiger partial charge is 0.104 e. The van der Waals surface area contributed by atoms with Crippen molar-refractivity contribution in [1.29, 1.82) is 0 Å². The Balaban J connectivity index is 1.84. The lowest BCUT2D eigenvalue weighted by Crippen LogP contribution is -2.09. The van der Waals surface area contributed by atoms with Gasteiger partial charge in [-0.3, -0.25) is 0 Å². The van der Waals surface area contributed by atoms with Gasteiger partial charge < -0.3 is 5.11 Å². The van der Waals surface area contributed by atoms with Crippen LogP contribution in [0.2, 0.25) is 5.02 Å². The van der Waals surface area contributed by atoms with Gasteiger partial charge in [0.1, 0.15) is 6.10 Å². The van der Waals surface area contributed by atoms with Crippen LogP contribution in [0.5, 0.6) is 0 Å². The van der Waals surface area contributed by atoms with Crippen LogP contribution in [0.15, 0.2) is 42.5 Å². The Morgan fingerprint density at radius 2 is 1.80 bits per heavy atom. The molecule has 104 valence electrons. The molecule has 0 bridgehead atoms. The van der Waals surface area contributed by atoms with E-state index in [1.807, 2.05) is 37.3 Å². The molecule has 0 spiro atoms. The van der Waals surface area contributed by atoms with Gasteiger partial charge in [-0.05, 0) is 60.1 Å². The zero-order valence-electron chi connectivity index (χ0n) is 11.6.